The van der Waals surface area contributed by atoms with Gasteiger partial charge in [-0.05, 0) is 18.6 Å². The number of nitrogens with zero attached hydrogens (tertiary/aromatic N) is 1. The highest BCUT2D eigenvalue weighted by molar-refractivity contribution is 6.37. The normalized spacial score (nSPS) is 13.2. The number of halogens is 2. The third kappa shape index (κ3) is 2.57. The second-order valence-electron chi connectivity index (χ2n) is 4.01. The Morgan fingerprint density at radius 2 is 2.18 bits per heavy atom. The van der Waals surface area contributed by atoms with Crippen LogP contribution in [0.3, 0.4) is 0 Å². The zero-order chi connectivity index (χ0) is 12.4. The Hall–Kier alpha value is -0.770. The van der Waals surface area contributed by atoms with Crippen LogP contribution in [0.4, 0.5) is 0 Å². The van der Waals surface area contributed by atoms with Gasteiger partial charge in [0.05, 0.1) is 5.02 Å². The molecule has 3 nitrogen and oxygen atoms in total. The molecule has 0 bridgehead atoms. The maximum atomic E-state index is 6.05. The Bertz CT molecular complexity index is 524. The average Bonchev–Trinajstić information content (AvgIpc) is 2.69. The minimum atomic E-state index is 0.141. The summed E-state index contributed by atoms with van der Waals surface area (Å²) in [5.41, 5.74) is 6.99. The summed E-state index contributed by atoms with van der Waals surface area (Å²) < 4.78 is 5.68. The molecule has 2 N–H and O–H groups in total. The van der Waals surface area contributed by atoms with Crippen molar-refractivity contribution in [2.24, 2.45) is 5.73 Å². The van der Waals surface area contributed by atoms with E-state index in [1.54, 1.807) is 12.1 Å². The lowest BCUT2D eigenvalue weighted by atomic mass is 10.0. The highest BCUT2D eigenvalue weighted by atomic mass is 35.5. The third-order valence-corrected chi connectivity index (χ3v) is 3.20. The standard InChI is InChI=1S/C12H14Cl2N2O/c1-2-3-7(6-15)12-16-10-5-8(13)4-9(14)11(10)17-12/h4-5,7H,2-3,6,15H2,1H3. The van der Waals surface area contributed by atoms with E-state index in [0.717, 1.165) is 12.8 Å². The van der Waals surface area contributed by atoms with Crippen molar-refractivity contribution in [2.45, 2.75) is 25.7 Å². The number of hydrogen-bond acceptors (Lipinski definition) is 3. The lowest BCUT2D eigenvalue weighted by Crippen LogP contribution is -2.12. The van der Waals surface area contributed by atoms with Crippen LogP contribution in [0.2, 0.25) is 10.0 Å². The molecule has 0 spiro atoms. The molecule has 1 atom stereocenters. The summed E-state index contributed by atoms with van der Waals surface area (Å²) in [6, 6.07) is 3.40. The number of oxazole rings is 1. The molecule has 5 heteroatoms. The number of rotatable bonds is 4. The molecule has 92 valence electrons. The lowest BCUT2D eigenvalue weighted by molar-refractivity contribution is 0.453. The molecule has 1 unspecified atom stereocenters. The fraction of sp³-hybridized carbons (Fsp3) is 0.417. The van der Waals surface area contributed by atoms with E-state index in [9.17, 15) is 0 Å². The van der Waals surface area contributed by atoms with Crippen molar-refractivity contribution in [1.82, 2.24) is 4.98 Å². The molecule has 0 saturated heterocycles. The molecule has 2 rings (SSSR count). The largest absolute Gasteiger partial charge is 0.439 e. The smallest absolute Gasteiger partial charge is 0.199 e. The van der Waals surface area contributed by atoms with Crippen molar-refractivity contribution in [3.05, 3.63) is 28.1 Å². The summed E-state index contributed by atoms with van der Waals surface area (Å²) in [6.45, 7) is 2.63. The summed E-state index contributed by atoms with van der Waals surface area (Å²) in [5.74, 6) is 0.788. The number of hydrogen-bond donors (Lipinski definition) is 1. The van der Waals surface area contributed by atoms with Gasteiger partial charge in [-0.1, -0.05) is 36.5 Å². The van der Waals surface area contributed by atoms with Crippen LogP contribution >= 0.6 is 23.2 Å². The third-order valence-electron chi connectivity index (χ3n) is 2.70. The molecule has 0 aliphatic heterocycles. The van der Waals surface area contributed by atoms with E-state index in [0.29, 0.717) is 33.6 Å². The molecule has 0 radical (unpaired) electrons. The number of benzene rings is 1. The Morgan fingerprint density at radius 3 is 2.82 bits per heavy atom. The minimum absolute atomic E-state index is 0.141. The maximum Gasteiger partial charge on any atom is 0.199 e. The van der Waals surface area contributed by atoms with E-state index in [1.165, 1.54) is 0 Å². The Labute approximate surface area is 110 Å². The summed E-state index contributed by atoms with van der Waals surface area (Å²) in [4.78, 5) is 4.41. The average molecular weight is 273 g/mol. The molecular formula is C12H14Cl2N2O. The van der Waals surface area contributed by atoms with E-state index in [1.807, 2.05) is 0 Å². The van der Waals surface area contributed by atoms with Gasteiger partial charge >= 0.3 is 0 Å². The molecule has 2 aromatic rings. The van der Waals surface area contributed by atoms with Gasteiger partial charge in [-0.2, -0.15) is 0 Å². The molecule has 17 heavy (non-hydrogen) atoms. The van der Waals surface area contributed by atoms with E-state index in [-0.39, 0.29) is 5.92 Å². The van der Waals surface area contributed by atoms with Gasteiger partial charge in [0.15, 0.2) is 11.5 Å². The van der Waals surface area contributed by atoms with E-state index in [4.69, 9.17) is 33.4 Å². The van der Waals surface area contributed by atoms with Gasteiger partial charge in [0.2, 0.25) is 0 Å². The fourth-order valence-corrected chi connectivity index (χ4v) is 2.36. The van der Waals surface area contributed by atoms with Gasteiger partial charge in [-0.15, -0.1) is 0 Å². The SMILES string of the molecule is CCCC(CN)c1nc2cc(Cl)cc(Cl)c2o1. The van der Waals surface area contributed by atoms with Crippen LogP contribution in [0.25, 0.3) is 11.1 Å². The van der Waals surface area contributed by atoms with Crippen molar-refractivity contribution in [1.29, 1.82) is 0 Å². The van der Waals surface area contributed by atoms with Gasteiger partial charge in [0, 0.05) is 17.5 Å². The molecule has 1 aromatic carbocycles. The monoisotopic (exact) mass is 272 g/mol. The number of nitrogens with two attached hydrogens (primary N) is 1. The van der Waals surface area contributed by atoms with E-state index in [2.05, 4.69) is 11.9 Å². The van der Waals surface area contributed by atoms with Gasteiger partial charge in [-0.3, -0.25) is 0 Å². The van der Waals surface area contributed by atoms with Crippen LogP contribution in [-0.4, -0.2) is 11.5 Å². The second-order valence-corrected chi connectivity index (χ2v) is 4.85. The van der Waals surface area contributed by atoms with E-state index >= 15 is 0 Å². The molecule has 0 amide bonds. The summed E-state index contributed by atoms with van der Waals surface area (Å²) in [7, 11) is 0. The first-order chi connectivity index (χ1) is 8.15. The molecule has 0 aliphatic carbocycles. The molecule has 1 aromatic heterocycles. The van der Waals surface area contributed by atoms with Crippen molar-refractivity contribution in [3.63, 3.8) is 0 Å². The lowest BCUT2D eigenvalue weighted by Gasteiger charge is -2.07. The molecule has 1 heterocycles. The Morgan fingerprint density at radius 1 is 1.41 bits per heavy atom. The number of aromatic nitrogens is 1. The predicted octanol–water partition coefficient (Wildman–Crippen LogP) is 3.98. The van der Waals surface area contributed by atoms with Crippen molar-refractivity contribution >= 4 is 34.3 Å². The quantitative estimate of drug-likeness (QED) is 0.916. The highest BCUT2D eigenvalue weighted by Crippen LogP contribution is 2.31. The van der Waals surface area contributed by atoms with Crippen molar-refractivity contribution < 1.29 is 4.42 Å². The van der Waals surface area contributed by atoms with Gasteiger partial charge in [0.25, 0.3) is 0 Å². The second kappa shape index (κ2) is 5.25. The van der Waals surface area contributed by atoms with Crippen LogP contribution in [0.5, 0.6) is 0 Å². The first kappa shape index (κ1) is 12.7. The molecule has 0 saturated carbocycles. The Balaban J connectivity index is 2.46. The maximum absolute atomic E-state index is 6.05. The summed E-state index contributed by atoms with van der Waals surface area (Å²) in [5, 5.41) is 1.04. The molecule has 0 fully saturated rings. The van der Waals surface area contributed by atoms with Crippen LogP contribution in [0, 0.1) is 0 Å². The number of fused-ring (bicyclic) bond motifs is 1. The summed E-state index contributed by atoms with van der Waals surface area (Å²) >= 11 is 12.0. The highest BCUT2D eigenvalue weighted by Gasteiger charge is 2.17. The van der Waals surface area contributed by atoms with E-state index < -0.39 is 0 Å². The van der Waals surface area contributed by atoms with Gasteiger partial charge in [0.1, 0.15) is 5.52 Å². The van der Waals surface area contributed by atoms with Crippen molar-refractivity contribution in [2.75, 3.05) is 6.54 Å². The Kier molecular flexibility index (Phi) is 3.92. The predicted molar refractivity (Wildman–Crippen MR) is 70.7 cm³/mol. The summed E-state index contributed by atoms with van der Waals surface area (Å²) in [6.07, 6.45) is 1.99. The fourth-order valence-electron chi connectivity index (χ4n) is 1.84. The minimum Gasteiger partial charge on any atom is -0.439 e. The first-order valence-corrected chi connectivity index (χ1v) is 6.36. The van der Waals surface area contributed by atoms with Crippen LogP contribution < -0.4 is 5.73 Å². The van der Waals surface area contributed by atoms with Crippen molar-refractivity contribution in [3.8, 4) is 0 Å². The van der Waals surface area contributed by atoms with Gasteiger partial charge in [-0.25, -0.2) is 4.98 Å². The van der Waals surface area contributed by atoms with Crippen LogP contribution in [0.15, 0.2) is 16.5 Å². The molecule has 0 aliphatic rings. The van der Waals surface area contributed by atoms with Crippen LogP contribution in [0.1, 0.15) is 31.6 Å². The van der Waals surface area contributed by atoms with Crippen LogP contribution in [-0.2, 0) is 0 Å². The van der Waals surface area contributed by atoms with Gasteiger partial charge < -0.3 is 10.2 Å². The zero-order valence-electron chi connectivity index (χ0n) is 9.54. The molecular weight excluding hydrogens is 259 g/mol. The first-order valence-electron chi connectivity index (χ1n) is 5.61. The topological polar surface area (TPSA) is 52.0 Å². The zero-order valence-corrected chi connectivity index (χ0v) is 11.1.